The smallest absolute Gasteiger partial charge is 0.334 e. The molecule has 8 heteroatoms. The third kappa shape index (κ3) is 6.40. The molecule has 232 valence electrons. The summed E-state index contributed by atoms with van der Waals surface area (Å²) < 4.78 is 0. The number of aliphatic carboxylic acids is 2. The van der Waals surface area contributed by atoms with Crippen LogP contribution in [0.5, 0.6) is 0 Å². The number of aromatic nitrogens is 1. The molecule has 5 rings (SSSR count). The SMILES string of the molecule is CC1=C(C(=O)O)C(C)(c2cc(C#N)ccn2)C(C(=O)O)=C(C)N1CCc1ccc(N(Cc2ccccc2)Cc2ccccc2)cc1. The summed E-state index contributed by atoms with van der Waals surface area (Å²) in [5.41, 5.74) is 4.16. The van der Waals surface area contributed by atoms with Crippen LogP contribution in [0.15, 0.2) is 126 Å². The normalized spacial score (nSPS) is 14.2. The lowest BCUT2D eigenvalue weighted by Crippen LogP contribution is -2.45. The lowest BCUT2D eigenvalue weighted by Gasteiger charge is -2.42. The molecule has 4 aromatic rings. The van der Waals surface area contributed by atoms with E-state index in [0.717, 1.165) is 24.3 Å². The van der Waals surface area contributed by atoms with E-state index in [1.165, 1.54) is 29.5 Å². The van der Waals surface area contributed by atoms with Crippen molar-refractivity contribution in [1.29, 1.82) is 5.26 Å². The van der Waals surface area contributed by atoms with Gasteiger partial charge in [-0.15, -0.1) is 0 Å². The van der Waals surface area contributed by atoms with Crippen molar-refractivity contribution in [2.45, 2.75) is 45.7 Å². The Morgan fingerprint density at radius 1 is 0.804 bits per heavy atom. The van der Waals surface area contributed by atoms with E-state index in [2.05, 4.69) is 58.4 Å². The zero-order valence-electron chi connectivity index (χ0n) is 26.1. The molecular weight excluding hydrogens is 576 g/mol. The highest BCUT2D eigenvalue weighted by Crippen LogP contribution is 2.46. The van der Waals surface area contributed by atoms with Crippen molar-refractivity contribution < 1.29 is 19.8 Å². The average Bonchev–Trinajstić information content (AvgIpc) is 3.05. The van der Waals surface area contributed by atoms with Gasteiger partial charge in [0.05, 0.1) is 33.9 Å². The zero-order chi connectivity index (χ0) is 32.8. The Labute approximate surface area is 269 Å². The maximum absolute atomic E-state index is 12.8. The van der Waals surface area contributed by atoms with Crippen molar-refractivity contribution >= 4 is 17.6 Å². The lowest BCUT2D eigenvalue weighted by molar-refractivity contribution is -0.134. The second-order valence-electron chi connectivity index (χ2n) is 11.6. The molecule has 0 saturated heterocycles. The molecular formula is C38H36N4O4. The molecule has 0 bridgehead atoms. The van der Waals surface area contributed by atoms with Gasteiger partial charge in [-0.1, -0.05) is 72.8 Å². The molecule has 3 aromatic carbocycles. The molecule has 1 aromatic heterocycles. The van der Waals surface area contributed by atoms with Crippen molar-refractivity contribution in [2.75, 3.05) is 11.4 Å². The molecule has 8 nitrogen and oxygen atoms in total. The minimum absolute atomic E-state index is 0.0779. The van der Waals surface area contributed by atoms with Crippen LogP contribution in [-0.4, -0.2) is 38.6 Å². The number of carboxylic acid groups (broad SMARTS) is 2. The summed E-state index contributed by atoms with van der Waals surface area (Å²) in [6.45, 7) is 6.83. The molecule has 0 atom stereocenters. The number of nitrogens with zero attached hydrogens (tertiary/aromatic N) is 4. The lowest BCUT2D eigenvalue weighted by atomic mass is 9.68. The van der Waals surface area contributed by atoms with E-state index in [-0.39, 0.29) is 22.4 Å². The average molecular weight is 613 g/mol. The maximum atomic E-state index is 12.8. The first kappa shape index (κ1) is 31.7. The number of rotatable bonds is 11. The van der Waals surface area contributed by atoms with Crippen LogP contribution in [0.3, 0.4) is 0 Å². The van der Waals surface area contributed by atoms with Crippen molar-refractivity contribution in [3.63, 3.8) is 0 Å². The predicted octanol–water partition coefficient (Wildman–Crippen LogP) is 6.69. The zero-order valence-corrected chi connectivity index (χ0v) is 26.1. The Bertz CT molecular complexity index is 1760. The largest absolute Gasteiger partial charge is 0.478 e. The fourth-order valence-electron chi connectivity index (χ4n) is 6.43. The second-order valence-corrected chi connectivity index (χ2v) is 11.6. The summed E-state index contributed by atoms with van der Waals surface area (Å²) in [6, 6.07) is 34.0. The van der Waals surface area contributed by atoms with E-state index >= 15 is 0 Å². The van der Waals surface area contributed by atoms with Crippen molar-refractivity contribution in [2.24, 2.45) is 0 Å². The van der Waals surface area contributed by atoms with Crippen LogP contribution in [0.25, 0.3) is 0 Å². The Hall–Kier alpha value is -5.68. The standard InChI is InChI=1S/C38H36N4O4/c1-26-34(36(43)44)38(3,33-22-31(23-39)18-20-40-33)35(37(45)46)27(2)42(26)21-19-28-14-16-32(17-15-28)41(24-29-10-6-4-7-11-29)25-30-12-8-5-9-13-30/h4-18,20,22H,19,21,24-25H2,1-3H3,(H,43,44)(H,45,46). The number of pyridine rings is 1. The third-order valence-corrected chi connectivity index (χ3v) is 8.72. The van der Waals surface area contributed by atoms with Crippen LogP contribution in [0, 0.1) is 11.3 Å². The van der Waals surface area contributed by atoms with E-state index < -0.39 is 17.4 Å². The third-order valence-electron chi connectivity index (χ3n) is 8.72. The van der Waals surface area contributed by atoms with Crippen LogP contribution >= 0.6 is 0 Å². The fourth-order valence-corrected chi connectivity index (χ4v) is 6.43. The van der Waals surface area contributed by atoms with Crippen LogP contribution in [0.2, 0.25) is 0 Å². The van der Waals surface area contributed by atoms with E-state index in [0.29, 0.717) is 24.4 Å². The topological polar surface area (TPSA) is 118 Å². The first-order valence-corrected chi connectivity index (χ1v) is 15.1. The first-order valence-electron chi connectivity index (χ1n) is 15.1. The Morgan fingerprint density at radius 3 is 1.80 bits per heavy atom. The predicted molar refractivity (Wildman–Crippen MR) is 177 cm³/mol. The summed E-state index contributed by atoms with van der Waals surface area (Å²) >= 11 is 0. The fraction of sp³-hybridized carbons (Fsp3) is 0.211. The monoisotopic (exact) mass is 612 g/mol. The molecule has 46 heavy (non-hydrogen) atoms. The Kier molecular flexibility index (Phi) is 9.34. The van der Waals surface area contributed by atoms with Gasteiger partial charge in [0.1, 0.15) is 0 Å². The molecule has 0 aliphatic carbocycles. The van der Waals surface area contributed by atoms with Gasteiger partial charge in [-0.2, -0.15) is 5.26 Å². The molecule has 0 amide bonds. The molecule has 0 fully saturated rings. The van der Waals surface area contributed by atoms with Crippen molar-refractivity contribution in [1.82, 2.24) is 9.88 Å². The second kappa shape index (κ2) is 13.5. The van der Waals surface area contributed by atoms with Gasteiger partial charge in [0.2, 0.25) is 0 Å². The van der Waals surface area contributed by atoms with Crippen molar-refractivity contribution in [3.8, 4) is 6.07 Å². The number of hydrogen-bond donors (Lipinski definition) is 2. The highest BCUT2D eigenvalue weighted by Gasteiger charge is 2.49. The molecule has 2 N–H and O–H groups in total. The minimum atomic E-state index is -1.57. The summed E-state index contributed by atoms with van der Waals surface area (Å²) in [5, 5.41) is 30.3. The van der Waals surface area contributed by atoms with Crippen LogP contribution in [-0.2, 0) is 34.5 Å². The number of allylic oxidation sites excluding steroid dienone is 2. The molecule has 0 radical (unpaired) electrons. The molecule has 0 spiro atoms. The van der Waals surface area contributed by atoms with Gasteiger partial charge in [-0.25, -0.2) is 9.59 Å². The van der Waals surface area contributed by atoms with Crippen LogP contribution in [0.4, 0.5) is 5.69 Å². The van der Waals surface area contributed by atoms with Crippen LogP contribution in [0.1, 0.15) is 48.7 Å². The molecule has 0 saturated carbocycles. The highest BCUT2D eigenvalue weighted by atomic mass is 16.4. The molecule has 1 aliphatic heterocycles. The summed E-state index contributed by atoms with van der Waals surface area (Å²) in [4.78, 5) is 34.0. The van der Waals surface area contributed by atoms with E-state index in [1.807, 2.05) is 42.5 Å². The number of nitriles is 1. The van der Waals surface area contributed by atoms with E-state index in [4.69, 9.17) is 0 Å². The van der Waals surface area contributed by atoms with Gasteiger partial charge in [0, 0.05) is 42.9 Å². The van der Waals surface area contributed by atoms with Gasteiger partial charge in [0.15, 0.2) is 0 Å². The Balaban J connectivity index is 1.43. The van der Waals surface area contributed by atoms with Gasteiger partial charge >= 0.3 is 11.9 Å². The van der Waals surface area contributed by atoms with Gasteiger partial charge in [-0.3, -0.25) is 4.98 Å². The number of hydrogen-bond acceptors (Lipinski definition) is 6. The quantitative estimate of drug-likeness (QED) is 0.192. The van der Waals surface area contributed by atoms with Gasteiger partial charge in [-0.05, 0) is 68.1 Å². The van der Waals surface area contributed by atoms with Gasteiger partial charge < -0.3 is 20.0 Å². The van der Waals surface area contributed by atoms with Gasteiger partial charge in [0.25, 0.3) is 0 Å². The highest BCUT2D eigenvalue weighted by molar-refractivity contribution is 6.00. The molecule has 2 heterocycles. The van der Waals surface area contributed by atoms with Crippen LogP contribution < -0.4 is 4.90 Å². The number of benzene rings is 3. The maximum Gasteiger partial charge on any atom is 0.334 e. The Morgan fingerprint density at radius 2 is 1.33 bits per heavy atom. The number of anilines is 1. The molecule has 0 unspecified atom stereocenters. The summed E-state index contributed by atoms with van der Waals surface area (Å²) in [6.07, 6.45) is 1.96. The van der Waals surface area contributed by atoms with Crippen molar-refractivity contribution in [3.05, 3.63) is 154 Å². The van der Waals surface area contributed by atoms with E-state index in [1.54, 1.807) is 25.7 Å². The number of carbonyl (C=O) groups is 2. The first-order chi connectivity index (χ1) is 22.1. The summed E-state index contributed by atoms with van der Waals surface area (Å²) in [5.74, 6) is -2.47. The molecule has 1 aliphatic rings. The summed E-state index contributed by atoms with van der Waals surface area (Å²) in [7, 11) is 0. The minimum Gasteiger partial charge on any atom is -0.478 e. The number of carboxylic acids is 2. The van der Waals surface area contributed by atoms with E-state index in [9.17, 15) is 25.1 Å².